The summed E-state index contributed by atoms with van der Waals surface area (Å²) in [5, 5.41) is 3.79. The summed E-state index contributed by atoms with van der Waals surface area (Å²) in [6, 6.07) is 7.44. The standard InChI is InChI=1S/C13H14ClN3O2/c1-8(9-4-3-5-10(14)6-9)17-12-11(19-2)13(18)16-7-15-12/h3-8H,1-2H3,(H2,15,16,17,18). The van der Waals surface area contributed by atoms with E-state index in [-0.39, 0.29) is 17.4 Å². The van der Waals surface area contributed by atoms with Crippen LogP contribution in [0.4, 0.5) is 5.82 Å². The zero-order chi connectivity index (χ0) is 13.8. The van der Waals surface area contributed by atoms with Crippen LogP contribution in [0.1, 0.15) is 18.5 Å². The maximum absolute atomic E-state index is 11.6. The third-order valence-electron chi connectivity index (χ3n) is 2.72. The molecule has 0 radical (unpaired) electrons. The number of aromatic nitrogens is 2. The number of nitrogens with zero attached hydrogens (tertiary/aromatic N) is 1. The molecule has 1 atom stereocenters. The number of methoxy groups -OCH3 is 1. The zero-order valence-corrected chi connectivity index (χ0v) is 11.4. The van der Waals surface area contributed by atoms with E-state index in [0.717, 1.165) is 5.56 Å². The number of benzene rings is 1. The summed E-state index contributed by atoms with van der Waals surface area (Å²) in [4.78, 5) is 18.1. The summed E-state index contributed by atoms with van der Waals surface area (Å²) in [6.07, 6.45) is 1.33. The summed E-state index contributed by atoms with van der Waals surface area (Å²) in [5.41, 5.74) is 0.676. The second-order valence-electron chi connectivity index (χ2n) is 4.03. The monoisotopic (exact) mass is 279 g/mol. The Balaban J connectivity index is 2.26. The highest BCUT2D eigenvalue weighted by atomic mass is 35.5. The van der Waals surface area contributed by atoms with E-state index in [2.05, 4.69) is 15.3 Å². The normalized spacial score (nSPS) is 11.9. The summed E-state index contributed by atoms with van der Waals surface area (Å²) in [7, 11) is 1.43. The fraction of sp³-hybridized carbons (Fsp3) is 0.231. The van der Waals surface area contributed by atoms with Gasteiger partial charge in [0, 0.05) is 5.02 Å². The Morgan fingerprint density at radius 1 is 1.47 bits per heavy atom. The quantitative estimate of drug-likeness (QED) is 0.903. The first-order valence-corrected chi connectivity index (χ1v) is 6.13. The Kier molecular flexibility index (Phi) is 4.06. The van der Waals surface area contributed by atoms with E-state index in [1.165, 1.54) is 13.4 Å². The summed E-state index contributed by atoms with van der Waals surface area (Å²) in [5.74, 6) is 0.565. The Morgan fingerprint density at radius 3 is 2.95 bits per heavy atom. The van der Waals surface area contributed by atoms with Gasteiger partial charge in [0.15, 0.2) is 5.82 Å². The number of ether oxygens (including phenoxy) is 1. The van der Waals surface area contributed by atoms with Crippen molar-refractivity contribution in [1.82, 2.24) is 9.97 Å². The largest absolute Gasteiger partial charge is 0.489 e. The Hall–Kier alpha value is -2.01. The number of hydrogen-bond donors (Lipinski definition) is 2. The van der Waals surface area contributed by atoms with Crippen LogP contribution in [0.2, 0.25) is 5.02 Å². The van der Waals surface area contributed by atoms with Crippen LogP contribution in [0.5, 0.6) is 5.75 Å². The molecule has 0 bridgehead atoms. The smallest absolute Gasteiger partial charge is 0.295 e. The molecule has 2 N–H and O–H groups in total. The fourth-order valence-electron chi connectivity index (χ4n) is 1.74. The minimum Gasteiger partial charge on any atom is -0.489 e. The second-order valence-corrected chi connectivity index (χ2v) is 4.47. The van der Waals surface area contributed by atoms with Crippen LogP contribution < -0.4 is 15.6 Å². The molecule has 0 spiro atoms. The zero-order valence-electron chi connectivity index (χ0n) is 10.6. The van der Waals surface area contributed by atoms with Gasteiger partial charge < -0.3 is 15.0 Å². The van der Waals surface area contributed by atoms with Crippen LogP contribution in [0.15, 0.2) is 35.4 Å². The molecule has 0 amide bonds. The van der Waals surface area contributed by atoms with Gasteiger partial charge in [-0.15, -0.1) is 0 Å². The summed E-state index contributed by atoms with van der Waals surface area (Å²) < 4.78 is 5.04. The Labute approximate surface area is 115 Å². The molecular formula is C13H14ClN3O2. The predicted octanol–water partition coefficient (Wildman–Crippen LogP) is 2.60. The fourth-order valence-corrected chi connectivity index (χ4v) is 1.94. The lowest BCUT2D eigenvalue weighted by molar-refractivity contribution is 0.407. The van der Waals surface area contributed by atoms with Gasteiger partial charge in [-0.25, -0.2) is 4.98 Å². The Morgan fingerprint density at radius 2 is 2.26 bits per heavy atom. The van der Waals surface area contributed by atoms with Crippen molar-refractivity contribution in [1.29, 1.82) is 0 Å². The molecule has 100 valence electrons. The molecule has 0 aliphatic rings. The van der Waals surface area contributed by atoms with E-state index in [1.807, 2.05) is 31.2 Å². The lowest BCUT2D eigenvalue weighted by Gasteiger charge is -2.16. The van der Waals surface area contributed by atoms with Gasteiger partial charge in [-0.2, -0.15) is 0 Å². The van der Waals surface area contributed by atoms with Gasteiger partial charge in [0.2, 0.25) is 5.75 Å². The van der Waals surface area contributed by atoms with Gasteiger partial charge in [0.05, 0.1) is 19.5 Å². The van der Waals surface area contributed by atoms with Crippen LogP contribution >= 0.6 is 11.6 Å². The summed E-state index contributed by atoms with van der Waals surface area (Å²) >= 11 is 5.95. The van der Waals surface area contributed by atoms with Crippen LogP contribution in [0, 0.1) is 0 Å². The number of anilines is 1. The van der Waals surface area contributed by atoms with Crippen molar-refractivity contribution in [3.05, 3.63) is 51.5 Å². The van der Waals surface area contributed by atoms with Crippen molar-refractivity contribution in [2.24, 2.45) is 0 Å². The Bertz CT molecular complexity index is 627. The molecule has 1 heterocycles. The first-order valence-electron chi connectivity index (χ1n) is 5.75. The van der Waals surface area contributed by atoms with E-state index in [4.69, 9.17) is 16.3 Å². The van der Waals surface area contributed by atoms with Crippen LogP contribution in [-0.4, -0.2) is 17.1 Å². The number of hydrogen-bond acceptors (Lipinski definition) is 4. The van der Waals surface area contributed by atoms with Gasteiger partial charge in [-0.3, -0.25) is 4.79 Å². The molecule has 1 aromatic heterocycles. The number of halogens is 1. The first kappa shape index (κ1) is 13.4. The summed E-state index contributed by atoms with van der Waals surface area (Å²) in [6.45, 7) is 1.95. The van der Waals surface area contributed by atoms with E-state index in [0.29, 0.717) is 10.8 Å². The minimum atomic E-state index is -0.321. The number of aromatic amines is 1. The van der Waals surface area contributed by atoms with Gasteiger partial charge in [0.25, 0.3) is 5.56 Å². The van der Waals surface area contributed by atoms with Crippen LogP contribution in [0.3, 0.4) is 0 Å². The molecule has 1 aromatic carbocycles. The maximum atomic E-state index is 11.6. The van der Waals surface area contributed by atoms with E-state index < -0.39 is 0 Å². The average Bonchev–Trinajstić information content (AvgIpc) is 2.39. The number of rotatable bonds is 4. The van der Waals surface area contributed by atoms with E-state index in [9.17, 15) is 4.79 Å². The topological polar surface area (TPSA) is 67.0 Å². The van der Waals surface area contributed by atoms with Crippen LogP contribution in [-0.2, 0) is 0 Å². The lowest BCUT2D eigenvalue weighted by Crippen LogP contribution is -2.16. The maximum Gasteiger partial charge on any atom is 0.295 e. The molecule has 0 aliphatic heterocycles. The highest BCUT2D eigenvalue weighted by Crippen LogP contribution is 2.23. The van der Waals surface area contributed by atoms with Crippen molar-refractivity contribution < 1.29 is 4.74 Å². The predicted molar refractivity (Wildman–Crippen MR) is 74.9 cm³/mol. The minimum absolute atomic E-state index is 0.0538. The van der Waals surface area contributed by atoms with Gasteiger partial charge >= 0.3 is 0 Å². The molecule has 0 saturated heterocycles. The van der Waals surface area contributed by atoms with Crippen LogP contribution in [0.25, 0.3) is 0 Å². The van der Waals surface area contributed by atoms with Gasteiger partial charge in [-0.1, -0.05) is 23.7 Å². The molecule has 1 unspecified atom stereocenters. The van der Waals surface area contributed by atoms with Crippen molar-refractivity contribution in [2.45, 2.75) is 13.0 Å². The van der Waals surface area contributed by atoms with Crippen molar-refractivity contribution in [3.63, 3.8) is 0 Å². The molecule has 0 saturated carbocycles. The molecule has 19 heavy (non-hydrogen) atoms. The SMILES string of the molecule is COc1c(NC(C)c2cccc(Cl)c2)nc[nH]c1=O. The average molecular weight is 280 g/mol. The third kappa shape index (κ3) is 3.06. The highest BCUT2D eigenvalue weighted by Gasteiger charge is 2.12. The molecule has 5 nitrogen and oxygen atoms in total. The molecule has 0 fully saturated rings. The third-order valence-corrected chi connectivity index (χ3v) is 2.95. The van der Waals surface area contributed by atoms with Gasteiger partial charge in [0.1, 0.15) is 0 Å². The number of nitrogens with one attached hydrogen (secondary N) is 2. The molecule has 0 aliphatic carbocycles. The van der Waals surface area contributed by atoms with Crippen molar-refractivity contribution in [2.75, 3.05) is 12.4 Å². The molecule has 2 rings (SSSR count). The number of H-pyrrole nitrogens is 1. The van der Waals surface area contributed by atoms with Crippen molar-refractivity contribution in [3.8, 4) is 5.75 Å². The molecular weight excluding hydrogens is 266 g/mol. The van der Waals surface area contributed by atoms with E-state index in [1.54, 1.807) is 0 Å². The highest BCUT2D eigenvalue weighted by molar-refractivity contribution is 6.30. The van der Waals surface area contributed by atoms with Crippen molar-refractivity contribution >= 4 is 17.4 Å². The van der Waals surface area contributed by atoms with Gasteiger partial charge in [-0.05, 0) is 24.6 Å². The van der Waals surface area contributed by atoms with E-state index >= 15 is 0 Å². The lowest BCUT2D eigenvalue weighted by atomic mass is 10.1. The second kappa shape index (κ2) is 5.75. The molecule has 6 heteroatoms. The first-order chi connectivity index (χ1) is 9.11. The molecule has 2 aromatic rings.